The Bertz CT molecular complexity index is 1120. The number of nitriles is 1. The third-order valence-corrected chi connectivity index (χ3v) is 7.09. The average Bonchev–Trinajstić information content (AvgIpc) is 3.20. The van der Waals surface area contributed by atoms with Gasteiger partial charge in [0.25, 0.3) is 5.91 Å². The second-order valence-corrected chi connectivity index (χ2v) is 10.2. The van der Waals surface area contributed by atoms with E-state index in [9.17, 15) is 19.6 Å². The fourth-order valence-corrected chi connectivity index (χ4v) is 5.76. The Morgan fingerprint density at radius 3 is 2.32 bits per heavy atom. The Morgan fingerprint density at radius 2 is 1.74 bits per heavy atom. The van der Waals surface area contributed by atoms with Crippen molar-refractivity contribution in [3.05, 3.63) is 45.8 Å². The van der Waals surface area contributed by atoms with Crippen LogP contribution in [0.2, 0.25) is 0 Å². The molecule has 1 aromatic carbocycles. The molecular formula is C23H24N4O3S. The van der Waals surface area contributed by atoms with Crippen molar-refractivity contribution in [1.82, 2.24) is 5.32 Å². The van der Waals surface area contributed by atoms with Crippen molar-refractivity contribution in [3.8, 4) is 6.07 Å². The molecule has 0 bridgehead atoms. The van der Waals surface area contributed by atoms with Crippen LogP contribution in [0.5, 0.6) is 0 Å². The van der Waals surface area contributed by atoms with Gasteiger partial charge in [-0.15, -0.1) is 11.3 Å². The lowest BCUT2D eigenvalue weighted by Gasteiger charge is -2.42. The SMILES string of the molecule is CC1(C)Cc2c(sc(NC(=O)c3ccc(N4C(=O)CCC4=O)cc3)c2C#N)C(C)(C)N1. The minimum absolute atomic E-state index is 0.162. The molecule has 0 spiro atoms. The number of rotatable bonds is 3. The van der Waals surface area contributed by atoms with Crippen LogP contribution >= 0.6 is 11.3 Å². The van der Waals surface area contributed by atoms with Gasteiger partial charge in [0.2, 0.25) is 11.8 Å². The van der Waals surface area contributed by atoms with Crippen molar-refractivity contribution < 1.29 is 14.4 Å². The summed E-state index contributed by atoms with van der Waals surface area (Å²) in [4.78, 5) is 38.9. The van der Waals surface area contributed by atoms with Crippen LogP contribution in [0, 0.1) is 11.3 Å². The molecule has 0 radical (unpaired) electrons. The first-order valence-corrected chi connectivity index (χ1v) is 11.0. The van der Waals surface area contributed by atoms with Crippen LogP contribution in [0.25, 0.3) is 0 Å². The molecule has 1 fully saturated rings. The standard InChI is InChI=1S/C23H24N4O3S/c1-22(2)11-15-16(12-24)21(31-19(15)23(3,4)26-22)25-20(30)13-5-7-14(8-6-13)27-17(28)9-10-18(27)29/h5-8,26H,9-11H2,1-4H3,(H,25,30). The molecule has 7 nitrogen and oxygen atoms in total. The van der Waals surface area contributed by atoms with E-state index in [1.54, 1.807) is 24.3 Å². The van der Waals surface area contributed by atoms with Gasteiger partial charge in [-0.3, -0.25) is 19.3 Å². The number of carbonyl (C=O) groups is 3. The maximum Gasteiger partial charge on any atom is 0.256 e. The average molecular weight is 437 g/mol. The third kappa shape index (κ3) is 3.75. The molecule has 0 saturated carbocycles. The summed E-state index contributed by atoms with van der Waals surface area (Å²) in [6.45, 7) is 8.36. The van der Waals surface area contributed by atoms with Gasteiger partial charge in [0.1, 0.15) is 11.1 Å². The van der Waals surface area contributed by atoms with E-state index in [1.165, 1.54) is 11.3 Å². The fraction of sp³-hybridized carbons (Fsp3) is 0.391. The predicted molar refractivity (Wildman–Crippen MR) is 119 cm³/mol. The number of amides is 3. The van der Waals surface area contributed by atoms with E-state index < -0.39 is 0 Å². The van der Waals surface area contributed by atoms with Crippen LogP contribution < -0.4 is 15.5 Å². The minimum Gasteiger partial charge on any atom is -0.312 e. The second kappa shape index (κ2) is 7.29. The monoisotopic (exact) mass is 436 g/mol. The Hall–Kier alpha value is -3.02. The number of imide groups is 1. The number of anilines is 2. The van der Waals surface area contributed by atoms with E-state index >= 15 is 0 Å². The van der Waals surface area contributed by atoms with Crippen LogP contribution in [0.15, 0.2) is 24.3 Å². The molecule has 2 aliphatic rings. The maximum absolute atomic E-state index is 12.9. The highest BCUT2D eigenvalue weighted by atomic mass is 32.1. The molecule has 0 unspecified atom stereocenters. The van der Waals surface area contributed by atoms with E-state index in [-0.39, 0.29) is 41.6 Å². The molecule has 160 valence electrons. The molecule has 4 rings (SSSR count). The van der Waals surface area contributed by atoms with Gasteiger partial charge in [-0.2, -0.15) is 5.26 Å². The van der Waals surface area contributed by atoms with E-state index in [0.29, 0.717) is 28.2 Å². The molecule has 3 heterocycles. The van der Waals surface area contributed by atoms with Gasteiger partial charge in [0.05, 0.1) is 11.3 Å². The Balaban J connectivity index is 1.60. The smallest absolute Gasteiger partial charge is 0.256 e. The molecule has 8 heteroatoms. The summed E-state index contributed by atoms with van der Waals surface area (Å²) < 4.78 is 0. The van der Waals surface area contributed by atoms with Crippen LogP contribution in [0.4, 0.5) is 10.7 Å². The molecule has 1 aromatic heterocycles. The molecule has 0 aliphatic carbocycles. The summed E-state index contributed by atoms with van der Waals surface area (Å²) in [5.41, 5.74) is 1.87. The molecule has 2 aromatic rings. The largest absolute Gasteiger partial charge is 0.312 e. The van der Waals surface area contributed by atoms with Crippen molar-refractivity contribution >= 4 is 39.7 Å². The highest BCUT2D eigenvalue weighted by Crippen LogP contribution is 2.44. The Kier molecular flexibility index (Phi) is 4.99. The van der Waals surface area contributed by atoms with Crippen molar-refractivity contribution in [1.29, 1.82) is 5.26 Å². The minimum atomic E-state index is -0.342. The first kappa shape index (κ1) is 21.2. The van der Waals surface area contributed by atoms with E-state index in [4.69, 9.17) is 0 Å². The van der Waals surface area contributed by atoms with Crippen molar-refractivity contribution in [3.63, 3.8) is 0 Å². The number of nitrogens with one attached hydrogen (secondary N) is 2. The van der Waals surface area contributed by atoms with Gasteiger partial charge in [0.15, 0.2) is 0 Å². The van der Waals surface area contributed by atoms with Crippen molar-refractivity contribution in [2.24, 2.45) is 0 Å². The summed E-state index contributed by atoms with van der Waals surface area (Å²) in [6, 6.07) is 8.63. The van der Waals surface area contributed by atoms with E-state index in [2.05, 4.69) is 44.4 Å². The molecule has 0 atom stereocenters. The lowest BCUT2D eigenvalue weighted by atomic mass is 9.81. The summed E-state index contributed by atoms with van der Waals surface area (Å²) >= 11 is 1.43. The van der Waals surface area contributed by atoms with E-state index in [1.807, 2.05) is 0 Å². The third-order valence-electron chi connectivity index (χ3n) is 5.62. The van der Waals surface area contributed by atoms with Crippen molar-refractivity contribution in [2.75, 3.05) is 10.2 Å². The van der Waals surface area contributed by atoms with Crippen LogP contribution in [-0.4, -0.2) is 23.3 Å². The number of fused-ring (bicyclic) bond motifs is 1. The first-order chi connectivity index (χ1) is 14.5. The van der Waals surface area contributed by atoms with Crippen LogP contribution in [-0.2, 0) is 21.5 Å². The molecule has 2 aliphatic heterocycles. The molecule has 31 heavy (non-hydrogen) atoms. The number of hydrogen-bond donors (Lipinski definition) is 2. The number of benzene rings is 1. The van der Waals surface area contributed by atoms with Crippen molar-refractivity contribution in [2.45, 2.75) is 58.0 Å². The van der Waals surface area contributed by atoms with Gasteiger partial charge in [0, 0.05) is 34.4 Å². The highest BCUT2D eigenvalue weighted by Gasteiger charge is 2.40. The second-order valence-electron chi connectivity index (χ2n) is 9.16. The highest BCUT2D eigenvalue weighted by molar-refractivity contribution is 7.17. The van der Waals surface area contributed by atoms with Gasteiger partial charge < -0.3 is 10.6 Å². The van der Waals surface area contributed by atoms with Crippen LogP contribution in [0.3, 0.4) is 0 Å². The summed E-state index contributed by atoms with van der Waals surface area (Å²) in [5, 5.41) is 16.8. The molecular weight excluding hydrogens is 412 g/mol. The zero-order valence-electron chi connectivity index (χ0n) is 18.0. The topological polar surface area (TPSA) is 102 Å². The quantitative estimate of drug-likeness (QED) is 0.715. The number of nitrogens with zero attached hydrogens (tertiary/aromatic N) is 2. The Labute approximate surface area is 185 Å². The molecule has 2 N–H and O–H groups in total. The summed E-state index contributed by atoms with van der Waals surface area (Å²) in [5.74, 6) is -0.806. The Morgan fingerprint density at radius 1 is 1.13 bits per heavy atom. The van der Waals surface area contributed by atoms with Gasteiger partial charge in [-0.25, -0.2) is 0 Å². The van der Waals surface area contributed by atoms with Crippen LogP contribution in [0.1, 0.15) is 66.9 Å². The van der Waals surface area contributed by atoms with Gasteiger partial charge in [-0.1, -0.05) is 0 Å². The number of thiophene rings is 1. The van der Waals surface area contributed by atoms with Gasteiger partial charge >= 0.3 is 0 Å². The predicted octanol–water partition coefficient (Wildman–Crippen LogP) is 3.68. The molecule has 1 saturated heterocycles. The van der Waals surface area contributed by atoms with Gasteiger partial charge in [-0.05, 0) is 63.9 Å². The number of hydrogen-bond acceptors (Lipinski definition) is 6. The maximum atomic E-state index is 12.9. The first-order valence-electron chi connectivity index (χ1n) is 10.2. The zero-order valence-corrected chi connectivity index (χ0v) is 18.8. The zero-order chi connectivity index (χ0) is 22.6. The normalized spacial score (nSPS) is 19.1. The lowest BCUT2D eigenvalue weighted by molar-refractivity contribution is -0.121. The summed E-state index contributed by atoms with van der Waals surface area (Å²) in [6.07, 6.45) is 1.12. The molecule has 3 amide bonds. The number of carbonyl (C=O) groups excluding carboxylic acids is 3. The fourth-order valence-electron chi connectivity index (χ4n) is 4.54. The lowest BCUT2D eigenvalue weighted by Crippen LogP contribution is -2.54. The van der Waals surface area contributed by atoms with E-state index in [0.717, 1.165) is 15.3 Å². The summed E-state index contributed by atoms with van der Waals surface area (Å²) in [7, 11) is 0.